The van der Waals surface area contributed by atoms with Crippen LogP contribution in [-0.4, -0.2) is 8.07 Å². The molecule has 16 heavy (non-hydrogen) atoms. The molecule has 0 spiro atoms. The highest BCUT2D eigenvalue weighted by atomic mass is 28.3. The molecule has 0 nitrogen and oxygen atoms in total. The second-order valence-corrected chi connectivity index (χ2v) is 10.6. The fourth-order valence-electron chi connectivity index (χ4n) is 3.69. The molecule has 2 aliphatic carbocycles. The summed E-state index contributed by atoms with van der Waals surface area (Å²) in [4.78, 5) is 0. The molecule has 0 aromatic heterocycles. The normalized spacial score (nSPS) is 28.8. The van der Waals surface area contributed by atoms with Crippen LogP contribution in [0.2, 0.25) is 13.1 Å². The Morgan fingerprint density at radius 3 is 2.50 bits per heavy atom. The van der Waals surface area contributed by atoms with E-state index in [-0.39, 0.29) is 5.41 Å². The highest BCUT2D eigenvalue weighted by Crippen LogP contribution is 2.53. The van der Waals surface area contributed by atoms with Crippen LogP contribution >= 0.6 is 0 Å². The lowest BCUT2D eigenvalue weighted by atomic mass is 9.76. The van der Waals surface area contributed by atoms with Gasteiger partial charge in [0, 0.05) is 5.41 Å². The molecule has 1 heterocycles. The zero-order valence-electron chi connectivity index (χ0n) is 10.7. The molecule has 84 valence electrons. The Kier molecular flexibility index (Phi) is 1.87. The van der Waals surface area contributed by atoms with Crippen LogP contribution in [0.25, 0.3) is 0 Å². The van der Waals surface area contributed by atoms with Gasteiger partial charge >= 0.3 is 0 Å². The third kappa shape index (κ3) is 1.05. The van der Waals surface area contributed by atoms with Crippen molar-refractivity contribution in [2.45, 2.75) is 39.8 Å². The van der Waals surface area contributed by atoms with Gasteiger partial charge < -0.3 is 0 Å². The fourth-order valence-corrected chi connectivity index (χ4v) is 7.42. The number of allylic oxidation sites excluding steroid dienone is 8. The fraction of sp³-hybridized carbons (Fsp3) is 0.467. The number of hydrogen-bond donors (Lipinski definition) is 0. The van der Waals surface area contributed by atoms with E-state index in [4.69, 9.17) is 0 Å². The Morgan fingerprint density at radius 1 is 1.06 bits per heavy atom. The third-order valence-electron chi connectivity index (χ3n) is 4.72. The molecule has 0 atom stereocenters. The van der Waals surface area contributed by atoms with E-state index in [1.54, 1.807) is 21.5 Å². The summed E-state index contributed by atoms with van der Waals surface area (Å²) in [5, 5.41) is 3.50. The highest BCUT2D eigenvalue weighted by molar-refractivity contribution is 6.91. The average molecular weight is 228 g/mol. The summed E-state index contributed by atoms with van der Waals surface area (Å²) in [7, 11) is -1.33. The van der Waals surface area contributed by atoms with Crippen molar-refractivity contribution >= 4 is 8.07 Å². The summed E-state index contributed by atoms with van der Waals surface area (Å²) in [6.07, 6.45) is 11.9. The molecule has 0 saturated heterocycles. The Labute approximate surface area is 99.5 Å². The second-order valence-electron chi connectivity index (χ2n) is 6.25. The summed E-state index contributed by atoms with van der Waals surface area (Å²) in [6, 6.07) is 0. The maximum absolute atomic E-state index is 2.52. The molecular weight excluding hydrogens is 208 g/mol. The minimum atomic E-state index is -1.33. The van der Waals surface area contributed by atoms with Gasteiger partial charge in [0.05, 0.1) is 0 Å². The van der Waals surface area contributed by atoms with E-state index in [1.165, 1.54) is 12.8 Å². The lowest BCUT2D eigenvalue weighted by molar-refractivity contribution is 0.536. The second kappa shape index (κ2) is 2.89. The van der Waals surface area contributed by atoms with Gasteiger partial charge in [-0.25, -0.2) is 0 Å². The van der Waals surface area contributed by atoms with Gasteiger partial charge in [0.15, 0.2) is 0 Å². The summed E-state index contributed by atoms with van der Waals surface area (Å²) in [5.74, 6) is 0. The first-order chi connectivity index (χ1) is 7.45. The molecule has 0 fully saturated rings. The maximum Gasteiger partial charge on any atom is 0.108 e. The van der Waals surface area contributed by atoms with Crippen molar-refractivity contribution in [3.05, 3.63) is 45.8 Å². The molecule has 1 heteroatoms. The molecule has 0 amide bonds. The quantitative estimate of drug-likeness (QED) is 0.541. The zero-order chi connectivity index (χ0) is 11.6. The number of rotatable bonds is 0. The van der Waals surface area contributed by atoms with Crippen LogP contribution in [0, 0.1) is 5.41 Å². The molecule has 3 aliphatic rings. The van der Waals surface area contributed by atoms with Gasteiger partial charge in [-0.1, -0.05) is 67.2 Å². The van der Waals surface area contributed by atoms with Crippen LogP contribution in [0.5, 0.6) is 0 Å². The SMILES string of the molecule is CC1(C)C2=C(CC=C2)[Si](C)(C)C2=C1CC=C2. The van der Waals surface area contributed by atoms with Crippen LogP contribution < -0.4 is 0 Å². The van der Waals surface area contributed by atoms with Crippen molar-refractivity contribution < 1.29 is 0 Å². The van der Waals surface area contributed by atoms with Crippen LogP contribution in [0.1, 0.15) is 26.7 Å². The Balaban J connectivity index is 2.25. The van der Waals surface area contributed by atoms with Gasteiger partial charge in [0.2, 0.25) is 0 Å². The third-order valence-corrected chi connectivity index (χ3v) is 8.52. The van der Waals surface area contributed by atoms with Crippen molar-refractivity contribution in [2.24, 2.45) is 5.41 Å². The van der Waals surface area contributed by atoms with Gasteiger partial charge in [-0.3, -0.25) is 0 Å². The van der Waals surface area contributed by atoms with Crippen molar-refractivity contribution in [3.63, 3.8) is 0 Å². The Hall–Kier alpha value is -0.823. The van der Waals surface area contributed by atoms with E-state index in [1.807, 2.05) is 0 Å². The topological polar surface area (TPSA) is 0 Å². The van der Waals surface area contributed by atoms with Crippen LogP contribution in [0.3, 0.4) is 0 Å². The first kappa shape index (κ1) is 10.3. The minimum absolute atomic E-state index is 0.281. The van der Waals surface area contributed by atoms with Gasteiger partial charge in [0.25, 0.3) is 0 Å². The highest BCUT2D eigenvalue weighted by Gasteiger charge is 2.45. The Bertz CT molecular complexity index is 436. The van der Waals surface area contributed by atoms with Crippen molar-refractivity contribution in [3.8, 4) is 0 Å². The molecule has 0 aromatic carbocycles. The van der Waals surface area contributed by atoms with Crippen molar-refractivity contribution in [1.29, 1.82) is 0 Å². The molecule has 0 radical (unpaired) electrons. The molecule has 1 aliphatic heterocycles. The van der Waals surface area contributed by atoms with E-state index in [0.717, 1.165) is 0 Å². The van der Waals surface area contributed by atoms with E-state index >= 15 is 0 Å². The van der Waals surface area contributed by atoms with Crippen molar-refractivity contribution in [1.82, 2.24) is 0 Å². The molecule has 0 saturated carbocycles. The first-order valence-electron chi connectivity index (χ1n) is 6.27. The summed E-state index contributed by atoms with van der Waals surface area (Å²) >= 11 is 0. The van der Waals surface area contributed by atoms with Crippen LogP contribution in [-0.2, 0) is 0 Å². The lowest BCUT2D eigenvalue weighted by Crippen LogP contribution is -2.39. The first-order valence-corrected chi connectivity index (χ1v) is 9.27. The molecule has 0 aromatic rings. The van der Waals surface area contributed by atoms with Gasteiger partial charge in [-0.05, 0) is 18.4 Å². The maximum atomic E-state index is 2.52. The minimum Gasteiger partial charge on any atom is -0.0805 e. The molecule has 3 rings (SSSR count). The van der Waals surface area contributed by atoms with Crippen LogP contribution in [0.4, 0.5) is 0 Å². The van der Waals surface area contributed by atoms with Gasteiger partial charge in [-0.2, -0.15) is 0 Å². The molecule has 0 bridgehead atoms. The standard InChI is InChI=1S/C15H20Si/c1-15(2)11-7-5-9-13(11)16(3,4)14-10-6-8-12(14)15/h5-7,10H,8-9H2,1-4H3. The summed E-state index contributed by atoms with van der Waals surface area (Å²) in [6.45, 7) is 9.86. The largest absolute Gasteiger partial charge is 0.108 e. The van der Waals surface area contributed by atoms with Gasteiger partial charge in [0.1, 0.15) is 8.07 Å². The monoisotopic (exact) mass is 228 g/mol. The summed E-state index contributed by atoms with van der Waals surface area (Å²) in [5.41, 5.74) is 3.63. The molecular formula is C15H20Si. The predicted molar refractivity (Wildman–Crippen MR) is 72.8 cm³/mol. The van der Waals surface area contributed by atoms with E-state index in [9.17, 15) is 0 Å². The molecule has 0 unspecified atom stereocenters. The van der Waals surface area contributed by atoms with Crippen LogP contribution in [0.15, 0.2) is 45.8 Å². The Morgan fingerprint density at radius 2 is 1.75 bits per heavy atom. The van der Waals surface area contributed by atoms with E-state index in [2.05, 4.69) is 51.2 Å². The van der Waals surface area contributed by atoms with Crippen molar-refractivity contribution in [2.75, 3.05) is 0 Å². The summed E-state index contributed by atoms with van der Waals surface area (Å²) < 4.78 is 0. The van der Waals surface area contributed by atoms with E-state index < -0.39 is 8.07 Å². The smallest absolute Gasteiger partial charge is 0.0805 e. The number of hydrogen-bond acceptors (Lipinski definition) is 0. The van der Waals surface area contributed by atoms with E-state index in [0.29, 0.717) is 0 Å². The predicted octanol–water partition coefficient (Wildman–Crippen LogP) is 4.33. The molecule has 0 N–H and O–H groups in total. The zero-order valence-corrected chi connectivity index (χ0v) is 11.7. The average Bonchev–Trinajstić information content (AvgIpc) is 2.86. The lowest BCUT2D eigenvalue weighted by Gasteiger charge is -2.42. The van der Waals surface area contributed by atoms with Gasteiger partial charge in [-0.15, -0.1) is 0 Å².